The first-order chi connectivity index (χ1) is 12.3. The van der Waals surface area contributed by atoms with E-state index in [2.05, 4.69) is 61.5 Å². The molecule has 6 heteroatoms. The highest BCUT2D eigenvalue weighted by atomic mass is 15.3. The number of nitrogens with zero attached hydrogens (tertiary/aromatic N) is 6. The Balaban J connectivity index is 1.51. The summed E-state index contributed by atoms with van der Waals surface area (Å²) in [5.74, 6) is 2.20. The van der Waals surface area contributed by atoms with Gasteiger partial charge in [-0.15, -0.1) is 0 Å². The van der Waals surface area contributed by atoms with Crippen molar-refractivity contribution in [1.82, 2.24) is 24.4 Å². The largest absolute Gasteiger partial charge is 0.353 e. The van der Waals surface area contributed by atoms with Crippen LogP contribution in [0.1, 0.15) is 19.7 Å². The highest BCUT2D eigenvalue weighted by molar-refractivity contribution is 5.89. The molecule has 0 spiro atoms. The van der Waals surface area contributed by atoms with Gasteiger partial charge in [0.1, 0.15) is 18.0 Å². The van der Waals surface area contributed by atoms with Gasteiger partial charge in [-0.3, -0.25) is 4.90 Å². The standard InChI is InChI=1S/C19H24N6/c1-3-23-9-8-20-18(23)13-24-10-11-25(12-15(24)2)19-16-6-4-5-7-17(16)21-14-22-19/h4-9,14-15H,3,10-13H2,1-2H3. The third-order valence-electron chi connectivity index (χ3n) is 5.07. The number of aromatic nitrogens is 4. The average Bonchev–Trinajstić information content (AvgIpc) is 3.10. The molecule has 0 radical (unpaired) electrons. The van der Waals surface area contributed by atoms with E-state index in [4.69, 9.17) is 0 Å². The van der Waals surface area contributed by atoms with E-state index in [0.29, 0.717) is 6.04 Å². The normalized spacial score (nSPS) is 18.8. The third-order valence-corrected chi connectivity index (χ3v) is 5.07. The summed E-state index contributed by atoms with van der Waals surface area (Å²) in [5, 5.41) is 1.13. The van der Waals surface area contributed by atoms with Gasteiger partial charge in [-0.25, -0.2) is 15.0 Å². The van der Waals surface area contributed by atoms with E-state index in [9.17, 15) is 0 Å². The van der Waals surface area contributed by atoms with Crippen LogP contribution in [0.15, 0.2) is 43.0 Å². The zero-order chi connectivity index (χ0) is 17.2. The summed E-state index contributed by atoms with van der Waals surface area (Å²) in [6.07, 6.45) is 5.63. The van der Waals surface area contributed by atoms with Crippen molar-refractivity contribution in [1.29, 1.82) is 0 Å². The first-order valence-electron chi connectivity index (χ1n) is 8.95. The van der Waals surface area contributed by atoms with Gasteiger partial charge in [0.15, 0.2) is 0 Å². The lowest BCUT2D eigenvalue weighted by Gasteiger charge is -2.40. The summed E-state index contributed by atoms with van der Waals surface area (Å²) in [6.45, 7) is 9.26. The molecule has 0 saturated carbocycles. The van der Waals surface area contributed by atoms with Crippen molar-refractivity contribution < 1.29 is 0 Å². The first kappa shape index (κ1) is 16.0. The Morgan fingerprint density at radius 3 is 2.84 bits per heavy atom. The fourth-order valence-electron chi connectivity index (χ4n) is 3.63. The van der Waals surface area contributed by atoms with Crippen molar-refractivity contribution in [2.45, 2.75) is 33.0 Å². The molecular weight excluding hydrogens is 312 g/mol. The third kappa shape index (κ3) is 3.09. The minimum absolute atomic E-state index is 0.449. The van der Waals surface area contributed by atoms with Gasteiger partial charge in [-0.2, -0.15) is 0 Å². The molecule has 0 amide bonds. The predicted octanol–water partition coefficient (Wildman–Crippen LogP) is 2.56. The molecule has 0 aliphatic carbocycles. The van der Waals surface area contributed by atoms with Crippen molar-refractivity contribution in [3.05, 3.63) is 48.8 Å². The number of anilines is 1. The molecule has 3 heterocycles. The molecule has 4 rings (SSSR count). The van der Waals surface area contributed by atoms with Crippen molar-refractivity contribution >= 4 is 16.7 Å². The highest BCUT2D eigenvalue weighted by Crippen LogP contribution is 2.25. The van der Waals surface area contributed by atoms with Crippen LogP contribution in [0, 0.1) is 0 Å². The second-order valence-electron chi connectivity index (χ2n) is 6.61. The van der Waals surface area contributed by atoms with Gasteiger partial charge in [0, 0.05) is 50.0 Å². The Hall–Kier alpha value is -2.47. The molecular formula is C19H24N6. The zero-order valence-electron chi connectivity index (χ0n) is 14.8. The van der Waals surface area contributed by atoms with Crippen molar-refractivity contribution in [2.75, 3.05) is 24.5 Å². The highest BCUT2D eigenvalue weighted by Gasteiger charge is 2.26. The van der Waals surface area contributed by atoms with E-state index < -0.39 is 0 Å². The minimum atomic E-state index is 0.449. The summed E-state index contributed by atoms with van der Waals surface area (Å²) in [6, 6.07) is 8.68. The van der Waals surface area contributed by atoms with Gasteiger partial charge in [-0.05, 0) is 26.0 Å². The van der Waals surface area contributed by atoms with Crippen molar-refractivity contribution in [3.63, 3.8) is 0 Å². The van der Waals surface area contributed by atoms with Crippen LogP contribution in [-0.4, -0.2) is 50.1 Å². The maximum Gasteiger partial charge on any atom is 0.139 e. The van der Waals surface area contributed by atoms with Crippen LogP contribution in [0.4, 0.5) is 5.82 Å². The summed E-state index contributed by atoms with van der Waals surface area (Å²) < 4.78 is 2.22. The van der Waals surface area contributed by atoms with E-state index in [-0.39, 0.29) is 0 Å². The van der Waals surface area contributed by atoms with E-state index >= 15 is 0 Å². The van der Waals surface area contributed by atoms with Crippen LogP contribution in [0.3, 0.4) is 0 Å². The van der Waals surface area contributed by atoms with E-state index in [1.165, 1.54) is 0 Å². The fourth-order valence-corrected chi connectivity index (χ4v) is 3.63. The van der Waals surface area contributed by atoms with Crippen LogP contribution in [0.2, 0.25) is 0 Å². The predicted molar refractivity (Wildman–Crippen MR) is 99.5 cm³/mol. The van der Waals surface area contributed by atoms with Gasteiger partial charge >= 0.3 is 0 Å². The van der Waals surface area contributed by atoms with Gasteiger partial charge < -0.3 is 9.47 Å². The number of aryl methyl sites for hydroxylation is 1. The molecule has 1 fully saturated rings. The lowest BCUT2D eigenvalue weighted by atomic mass is 10.1. The van der Waals surface area contributed by atoms with Crippen LogP contribution in [0.25, 0.3) is 10.9 Å². The van der Waals surface area contributed by atoms with Crippen LogP contribution in [-0.2, 0) is 13.1 Å². The number of benzene rings is 1. The van der Waals surface area contributed by atoms with E-state index in [0.717, 1.165) is 55.3 Å². The molecule has 0 bridgehead atoms. The zero-order valence-corrected chi connectivity index (χ0v) is 14.8. The Bertz CT molecular complexity index is 853. The number of rotatable bonds is 4. The number of hydrogen-bond donors (Lipinski definition) is 0. The van der Waals surface area contributed by atoms with E-state index in [1.807, 2.05) is 18.3 Å². The molecule has 3 aromatic rings. The molecule has 6 nitrogen and oxygen atoms in total. The molecule has 1 aromatic carbocycles. The number of fused-ring (bicyclic) bond motifs is 1. The van der Waals surface area contributed by atoms with Gasteiger partial charge in [0.25, 0.3) is 0 Å². The quantitative estimate of drug-likeness (QED) is 0.733. The molecule has 1 saturated heterocycles. The molecule has 1 atom stereocenters. The molecule has 130 valence electrons. The lowest BCUT2D eigenvalue weighted by Crippen LogP contribution is -2.52. The van der Waals surface area contributed by atoms with Gasteiger partial charge in [-0.1, -0.05) is 12.1 Å². The smallest absolute Gasteiger partial charge is 0.139 e. The summed E-state index contributed by atoms with van der Waals surface area (Å²) in [7, 11) is 0. The number of imidazole rings is 1. The average molecular weight is 336 g/mol. The van der Waals surface area contributed by atoms with Crippen LogP contribution < -0.4 is 4.90 Å². The summed E-state index contributed by atoms with van der Waals surface area (Å²) in [4.78, 5) is 18.4. The summed E-state index contributed by atoms with van der Waals surface area (Å²) >= 11 is 0. The molecule has 1 aliphatic rings. The molecule has 1 aliphatic heterocycles. The van der Waals surface area contributed by atoms with E-state index in [1.54, 1.807) is 6.33 Å². The second kappa shape index (κ2) is 6.80. The van der Waals surface area contributed by atoms with Crippen molar-refractivity contribution in [2.24, 2.45) is 0 Å². The number of para-hydroxylation sites is 1. The maximum atomic E-state index is 4.57. The lowest BCUT2D eigenvalue weighted by molar-refractivity contribution is 0.174. The van der Waals surface area contributed by atoms with Crippen molar-refractivity contribution in [3.8, 4) is 0 Å². The Morgan fingerprint density at radius 1 is 1.12 bits per heavy atom. The number of hydrogen-bond acceptors (Lipinski definition) is 5. The molecule has 2 aromatic heterocycles. The topological polar surface area (TPSA) is 50.1 Å². The van der Waals surface area contributed by atoms with Gasteiger partial charge in [0.2, 0.25) is 0 Å². The van der Waals surface area contributed by atoms with Gasteiger partial charge in [0.05, 0.1) is 12.1 Å². The molecule has 0 N–H and O–H groups in total. The maximum absolute atomic E-state index is 4.57. The SMILES string of the molecule is CCn1ccnc1CN1CCN(c2ncnc3ccccc23)CC1C. The Labute approximate surface area is 148 Å². The minimum Gasteiger partial charge on any atom is -0.353 e. The molecule has 25 heavy (non-hydrogen) atoms. The monoisotopic (exact) mass is 336 g/mol. The fraction of sp³-hybridized carbons (Fsp3) is 0.421. The Kier molecular flexibility index (Phi) is 4.36. The van der Waals surface area contributed by atoms with Crippen LogP contribution in [0.5, 0.6) is 0 Å². The first-order valence-corrected chi connectivity index (χ1v) is 8.95. The van der Waals surface area contributed by atoms with Crippen LogP contribution >= 0.6 is 0 Å². The molecule has 1 unspecified atom stereocenters. The number of piperazine rings is 1. The summed E-state index contributed by atoms with van der Waals surface area (Å²) in [5.41, 5.74) is 1.01. The second-order valence-corrected chi connectivity index (χ2v) is 6.61. The Morgan fingerprint density at radius 2 is 2.00 bits per heavy atom.